The number of rotatable bonds is 11. The van der Waals surface area contributed by atoms with E-state index in [-0.39, 0.29) is 22.6 Å². The molecule has 5 rings (SSSR count). The quantitative estimate of drug-likeness (QED) is 0.136. The van der Waals surface area contributed by atoms with Crippen molar-refractivity contribution in [2.75, 3.05) is 18.1 Å². The minimum absolute atomic E-state index is 0.0120. The first kappa shape index (κ1) is 30.9. The summed E-state index contributed by atoms with van der Waals surface area (Å²) in [6.45, 7) is 9.34. The van der Waals surface area contributed by atoms with E-state index in [9.17, 15) is 19.2 Å². The van der Waals surface area contributed by atoms with Crippen molar-refractivity contribution in [3.63, 3.8) is 0 Å². The molecule has 1 aromatic heterocycles. The number of allylic oxidation sites excluding steroid dienone is 1. The second-order valence-corrected chi connectivity index (χ2v) is 11.7. The lowest BCUT2D eigenvalue weighted by molar-refractivity contribution is -0.138. The second-order valence-electron chi connectivity index (χ2n) is 10.7. The van der Waals surface area contributed by atoms with Crippen molar-refractivity contribution in [1.29, 1.82) is 0 Å². The molecule has 0 saturated carbocycles. The van der Waals surface area contributed by atoms with E-state index < -0.39 is 23.5 Å². The van der Waals surface area contributed by atoms with Crippen LogP contribution < -0.4 is 24.5 Å². The third-order valence-electron chi connectivity index (χ3n) is 7.64. The molecule has 0 aliphatic carbocycles. The molecule has 44 heavy (non-hydrogen) atoms. The number of aromatic nitrogens is 1. The van der Waals surface area contributed by atoms with E-state index in [2.05, 4.69) is 18.5 Å². The summed E-state index contributed by atoms with van der Waals surface area (Å²) in [5.74, 6) is -0.978. The Hall–Kier alpha value is -4.57. The molecule has 2 aliphatic heterocycles. The highest BCUT2D eigenvalue weighted by molar-refractivity contribution is 7.07. The number of hydrogen-bond donors (Lipinski definition) is 0. The molecule has 3 aromatic rings. The molecule has 0 N–H and O–H groups in total. The van der Waals surface area contributed by atoms with Gasteiger partial charge in [0.15, 0.2) is 4.80 Å². The van der Waals surface area contributed by atoms with Gasteiger partial charge in [-0.2, -0.15) is 0 Å². The van der Waals surface area contributed by atoms with Crippen molar-refractivity contribution in [2.24, 2.45) is 4.99 Å². The van der Waals surface area contributed by atoms with Crippen molar-refractivity contribution in [3.8, 4) is 5.75 Å². The van der Waals surface area contributed by atoms with Gasteiger partial charge in [0.2, 0.25) is 0 Å². The van der Waals surface area contributed by atoms with Gasteiger partial charge in [-0.25, -0.2) is 9.79 Å². The first-order valence-electron chi connectivity index (χ1n) is 14.8. The first-order valence-corrected chi connectivity index (χ1v) is 15.6. The zero-order valence-electron chi connectivity index (χ0n) is 25.1. The maximum Gasteiger partial charge on any atom is 0.338 e. The number of anilines is 1. The van der Waals surface area contributed by atoms with Gasteiger partial charge in [-0.3, -0.25) is 19.0 Å². The number of carbonyl (C=O) groups is 3. The summed E-state index contributed by atoms with van der Waals surface area (Å²) in [4.78, 5) is 59.9. The number of thiazole rings is 1. The van der Waals surface area contributed by atoms with E-state index in [1.165, 1.54) is 17.6 Å². The standard InChI is InChI=1S/C34H35N3O6S/c1-5-7-8-9-12-19-36-26-14-11-10-13-25(26)28(31(36)39)30-32(40)37-29(23-15-17-24(18-16-23)43-22(4)38)27(33(41)42-20-6-2)21(3)35-34(37)44-30/h6,10-11,13-18,29H,2,5,7-9,12,19-20H2,1,3-4H3/b30-28+/t29-/m0/s1. The lowest BCUT2D eigenvalue weighted by Crippen LogP contribution is -2.41. The summed E-state index contributed by atoms with van der Waals surface area (Å²) in [7, 11) is 0. The Morgan fingerprint density at radius 3 is 2.48 bits per heavy atom. The maximum absolute atomic E-state index is 14.3. The van der Waals surface area contributed by atoms with E-state index >= 15 is 0 Å². The predicted octanol–water partition coefficient (Wildman–Crippen LogP) is 4.58. The molecule has 0 radical (unpaired) electrons. The Morgan fingerprint density at radius 2 is 1.77 bits per heavy atom. The summed E-state index contributed by atoms with van der Waals surface area (Å²) in [5, 5.41) is 0. The summed E-state index contributed by atoms with van der Waals surface area (Å²) in [5.41, 5.74) is 2.60. The van der Waals surface area contributed by atoms with Crippen LogP contribution in [0.5, 0.6) is 5.75 Å². The molecule has 228 valence electrons. The van der Waals surface area contributed by atoms with Crippen LogP contribution in [0.2, 0.25) is 0 Å². The number of benzene rings is 2. The van der Waals surface area contributed by atoms with E-state index in [0.717, 1.165) is 49.1 Å². The molecule has 0 saturated heterocycles. The number of ether oxygens (including phenoxy) is 2. The van der Waals surface area contributed by atoms with E-state index in [1.54, 1.807) is 36.1 Å². The minimum Gasteiger partial charge on any atom is -0.458 e. The van der Waals surface area contributed by atoms with Crippen molar-refractivity contribution in [2.45, 2.75) is 58.9 Å². The van der Waals surface area contributed by atoms with Gasteiger partial charge in [0, 0.05) is 19.0 Å². The Bertz CT molecular complexity index is 1830. The van der Waals surface area contributed by atoms with Crippen molar-refractivity contribution in [3.05, 3.63) is 103 Å². The van der Waals surface area contributed by atoms with Crippen LogP contribution in [0.4, 0.5) is 5.69 Å². The summed E-state index contributed by atoms with van der Waals surface area (Å²) < 4.78 is 12.3. The van der Waals surface area contributed by atoms with Crippen molar-refractivity contribution >= 4 is 40.4 Å². The van der Waals surface area contributed by atoms with Crippen LogP contribution in [0.1, 0.15) is 70.0 Å². The Balaban J connectivity index is 1.65. The molecular weight excluding hydrogens is 578 g/mol. The van der Waals surface area contributed by atoms with Gasteiger partial charge in [0.1, 0.15) is 16.9 Å². The SMILES string of the molecule is C=CCOC(=O)C1=C(C)N=c2s/c(=C3/C(=O)N(CCCCCCC)c4ccccc43)c(=O)n2[C@H]1c1ccc(OC(C)=O)cc1. The van der Waals surface area contributed by atoms with E-state index in [1.807, 2.05) is 24.3 Å². The number of unbranched alkanes of at least 4 members (excludes halogenated alkanes) is 4. The highest BCUT2D eigenvalue weighted by Gasteiger charge is 2.37. The molecule has 0 spiro atoms. The molecule has 0 fully saturated rings. The molecule has 0 unspecified atom stereocenters. The number of nitrogens with zero attached hydrogens (tertiary/aromatic N) is 3. The normalized spacial score (nSPS) is 16.8. The lowest BCUT2D eigenvalue weighted by atomic mass is 9.96. The second kappa shape index (κ2) is 13.4. The fraction of sp³-hybridized carbons (Fsp3) is 0.324. The average molecular weight is 614 g/mol. The largest absolute Gasteiger partial charge is 0.458 e. The Morgan fingerprint density at radius 1 is 1.05 bits per heavy atom. The van der Waals surface area contributed by atoms with Gasteiger partial charge in [0.05, 0.1) is 28.6 Å². The van der Waals surface area contributed by atoms with Gasteiger partial charge in [-0.1, -0.05) is 86.9 Å². The van der Waals surface area contributed by atoms with Crippen LogP contribution in [-0.4, -0.2) is 35.6 Å². The summed E-state index contributed by atoms with van der Waals surface area (Å²) in [6.07, 6.45) is 6.77. The van der Waals surface area contributed by atoms with Crippen LogP contribution >= 0.6 is 11.3 Å². The zero-order valence-corrected chi connectivity index (χ0v) is 25.9. The molecular formula is C34H35N3O6S. The first-order chi connectivity index (χ1) is 21.3. The van der Waals surface area contributed by atoms with Gasteiger partial charge in [-0.15, -0.1) is 0 Å². The van der Waals surface area contributed by atoms with E-state index in [4.69, 9.17) is 9.47 Å². The Kier molecular flexibility index (Phi) is 9.39. The number of carbonyl (C=O) groups excluding carboxylic acids is 3. The van der Waals surface area contributed by atoms with Crippen LogP contribution in [0, 0.1) is 0 Å². The third-order valence-corrected chi connectivity index (χ3v) is 8.70. The topological polar surface area (TPSA) is 107 Å². The van der Waals surface area contributed by atoms with Gasteiger partial charge < -0.3 is 14.4 Å². The van der Waals surface area contributed by atoms with Gasteiger partial charge in [0.25, 0.3) is 11.5 Å². The predicted molar refractivity (Wildman–Crippen MR) is 169 cm³/mol. The molecule has 0 bridgehead atoms. The lowest BCUT2D eigenvalue weighted by Gasteiger charge is -2.24. The molecule has 3 heterocycles. The summed E-state index contributed by atoms with van der Waals surface area (Å²) >= 11 is 1.14. The van der Waals surface area contributed by atoms with Crippen LogP contribution in [0.15, 0.2) is 82.2 Å². The van der Waals surface area contributed by atoms with Gasteiger partial charge in [-0.05, 0) is 37.1 Å². The monoisotopic (exact) mass is 613 g/mol. The zero-order chi connectivity index (χ0) is 31.4. The Labute approximate surface area is 259 Å². The van der Waals surface area contributed by atoms with Crippen molar-refractivity contribution < 1.29 is 23.9 Å². The molecule has 9 nitrogen and oxygen atoms in total. The number of para-hydroxylation sites is 1. The maximum atomic E-state index is 14.3. The fourth-order valence-electron chi connectivity index (χ4n) is 5.64. The fourth-order valence-corrected chi connectivity index (χ4v) is 6.78. The van der Waals surface area contributed by atoms with E-state index in [0.29, 0.717) is 39.5 Å². The van der Waals surface area contributed by atoms with Crippen molar-refractivity contribution in [1.82, 2.24) is 4.57 Å². The van der Waals surface area contributed by atoms with Gasteiger partial charge >= 0.3 is 11.9 Å². The third kappa shape index (κ3) is 5.94. The highest BCUT2D eigenvalue weighted by Crippen LogP contribution is 2.36. The molecule has 2 aromatic carbocycles. The van der Waals surface area contributed by atoms with Crippen LogP contribution in [0.3, 0.4) is 0 Å². The molecule has 10 heteroatoms. The van der Waals surface area contributed by atoms with Crippen LogP contribution in [0.25, 0.3) is 5.57 Å². The highest BCUT2D eigenvalue weighted by atomic mass is 32.1. The van der Waals surface area contributed by atoms with Crippen LogP contribution in [-0.2, 0) is 19.1 Å². The number of esters is 2. The molecule has 1 atom stereocenters. The molecule has 1 amide bonds. The minimum atomic E-state index is -0.884. The summed E-state index contributed by atoms with van der Waals surface area (Å²) in [6, 6.07) is 13.2. The number of hydrogen-bond acceptors (Lipinski definition) is 8. The number of amides is 1. The molecule has 2 aliphatic rings. The average Bonchev–Trinajstić information content (AvgIpc) is 3.47. The smallest absolute Gasteiger partial charge is 0.338 e. The number of fused-ring (bicyclic) bond motifs is 2.